The molecule has 0 atom stereocenters. The van der Waals surface area contributed by atoms with Crippen LogP contribution in [0.4, 0.5) is 11.4 Å². The molecule has 0 saturated heterocycles. The third kappa shape index (κ3) is 4.13. The summed E-state index contributed by atoms with van der Waals surface area (Å²) in [7, 11) is 1.57. The molecule has 2 aromatic carbocycles. The monoisotopic (exact) mass is 350 g/mol. The van der Waals surface area contributed by atoms with Crippen LogP contribution in [0.2, 0.25) is 0 Å². The lowest BCUT2D eigenvalue weighted by atomic mass is 10.3. The summed E-state index contributed by atoms with van der Waals surface area (Å²) in [5, 5.41) is 2.73. The predicted molar refractivity (Wildman–Crippen MR) is 85.7 cm³/mol. The molecule has 0 aromatic heterocycles. The Morgan fingerprint density at radius 3 is 2.81 bits per heavy atom. The summed E-state index contributed by atoms with van der Waals surface area (Å²) >= 11 is 3.32. The van der Waals surface area contributed by atoms with Crippen molar-refractivity contribution < 1.29 is 14.3 Å². The van der Waals surface area contributed by atoms with Crippen LogP contribution in [0.1, 0.15) is 0 Å². The minimum absolute atomic E-state index is 0.112. The van der Waals surface area contributed by atoms with E-state index in [4.69, 9.17) is 15.2 Å². The van der Waals surface area contributed by atoms with E-state index in [0.29, 0.717) is 27.3 Å². The summed E-state index contributed by atoms with van der Waals surface area (Å²) in [5.74, 6) is 0.931. The first-order valence-electron chi connectivity index (χ1n) is 6.21. The molecule has 110 valence electrons. The van der Waals surface area contributed by atoms with E-state index in [2.05, 4.69) is 21.2 Å². The van der Waals surface area contributed by atoms with Gasteiger partial charge in [0.2, 0.25) is 0 Å². The van der Waals surface area contributed by atoms with Crippen LogP contribution < -0.4 is 20.5 Å². The molecule has 1 amide bonds. The van der Waals surface area contributed by atoms with Crippen molar-refractivity contribution >= 4 is 33.2 Å². The molecule has 2 aromatic rings. The van der Waals surface area contributed by atoms with Crippen LogP contribution >= 0.6 is 15.9 Å². The highest BCUT2D eigenvalue weighted by Gasteiger charge is 2.08. The highest BCUT2D eigenvalue weighted by atomic mass is 79.9. The number of carbonyl (C=O) groups excluding carboxylic acids is 1. The van der Waals surface area contributed by atoms with Gasteiger partial charge in [-0.2, -0.15) is 0 Å². The highest BCUT2D eigenvalue weighted by Crippen LogP contribution is 2.30. The van der Waals surface area contributed by atoms with Gasteiger partial charge in [0.25, 0.3) is 5.91 Å². The number of ether oxygens (including phenoxy) is 2. The van der Waals surface area contributed by atoms with Gasteiger partial charge in [-0.05, 0) is 40.2 Å². The van der Waals surface area contributed by atoms with E-state index in [-0.39, 0.29) is 12.5 Å². The number of benzene rings is 2. The minimum atomic E-state index is -0.266. The maximum absolute atomic E-state index is 11.9. The number of nitrogens with one attached hydrogen (secondary N) is 1. The molecule has 5 nitrogen and oxygen atoms in total. The summed E-state index contributed by atoms with van der Waals surface area (Å²) in [6, 6.07) is 12.3. The number of hydrogen-bond acceptors (Lipinski definition) is 4. The van der Waals surface area contributed by atoms with Crippen molar-refractivity contribution in [2.24, 2.45) is 0 Å². The second kappa shape index (κ2) is 6.99. The van der Waals surface area contributed by atoms with Crippen LogP contribution in [0.15, 0.2) is 46.9 Å². The fourth-order valence-electron chi connectivity index (χ4n) is 1.68. The van der Waals surface area contributed by atoms with Crippen LogP contribution in [0.3, 0.4) is 0 Å². The first-order chi connectivity index (χ1) is 10.1. The average Bonchev–Trinajstić information content (AvgIpc) is 2.49. The van der Waals surface area contributed by atoms with E-state index in [9.17, 15) is 4.79 Å². The van der Waals surface area contributed by atoms with Crippen molar-refractivity contribution in [2.75, 3.05) is 24.8 Å². The van der Waals surface area contributed by atoms with Crippen LogP contribution in [0, 0.1) is 0 Å². The largest absolute Gasteiger partial charge is 0.497 e. The molecule has 0 bridgehead atoms. The summed E-state index contributed by atoms with van der Waals surface area (Å²) in [4.78, 5) is 11.9. The summed E-state index contributed by atoms with van der Waals surface area (Å²) in [5.41, 5.74) is 6.95. The Morgan fingerprint density at radius 1 is 1.29 bits per heavy atom. The SMILES string of the molecule is COc1cccc(NC(=O)COc2cccc(N)c2Br)c1. The van der Waals surface area contributed by atoms with Crippen molar-refractivity contribution in [2.45, 2.75) is 0 Å². The second-order valence-corrected chi connectivity index (χ2v) is 5.02. The number of anilines is 2. The molecule has 0 aliphatic rings. The zero-order chi connectivity index (χ0) is 15.2. The second-order valence-electron chi connectivity index (χ2n) is 4.23. The lowest BCUT2D eigenvalue weighted by Gasteiger charge is -2.10. The van der Waals surface area contributed by atoms with E-state index < -0.39 is 0 Å². The van der Waals surface area contributed by atoms with Gasteiger partial charge in [0.15, 0.2) is 6.61 Å². The molecule has 0 spiro atoms. The Balaban J connectivity index is 1.94. The van der Waals surface area contributed by atoms with Crippen molar-refractivity contribution in [3.8, 4) is 11.5 Å². The predicted octanol–water partition coefficient (Wildman–Crippen LogP) is 3.06. The number of hydrogen-bond donors (Lipinski definition) is 2. The summed E-state index contributed by atoms with van der Waals surface area (Å²) in [6.45, 7) is -0.112. The van der Waals surface area contributed by atoms with E-state index in [1.165, 1.54) is 0 Å². The third-order valence-electron chi connectivity index (χ3n) is 2.71. The van der Waals surface area contributed by atoms with Gasteiger partial charge >= 0.3 is 0 Å². The van der Waals surface area contributed by atoms with Crippen LogP contribution in [0.25, 0.3) is 0 Å². The fourth-order valence-corrected chi connectivity index (χ4v) is 2.06. The van der Waals surface area contributed by atoms with Crippen LogP contribution in [0.5, 0.6) is 11.5 Å². The Labute approximate surface area is 131 Å². The number of halogens is 1. The van der Waals surface area contributed by atoms with Gasteiger partial charge in [0.1, 0.15) is 11.5 Å². The van der Waals surface area contributed by atoms with Gasteiger partial charge in [-0.1, -0.05) is 12.1 Å². The first kappa shape index (κ1) is 15.2. The van der Waals surface area contributed by atoms with Crippen molar-refractivity contribution in [3.63, 3.8) is 0 Å². The Hall–Kier alpha value is -2.21. The van der Waals surface area contributed by atoms with Gasteiger partial charge in [-0.3, -0.25) is 4.79 Å². The fraction of sp³-hybridized carbons (Fsp3) is 0.133. The number of methoxy groups -OCH3 is 1. The number of nitrogens with two attached hydrogens (primary N) is 1. The van der Waals surface area contributed by atoms with Gasteiger partial charge in [0.05, 0.1) is 11.6 Å². The van der Waals surface area contributed by atoms with Gasteiger partial charge in [-0.15, -0.1) is 0 Å². The normalized spacial score (nSPS) is 10.0. The van der Waals surface area contributed by atoms with Crippen molar-refractivity contribution in [1.82, 2.24) is 0 Å². The molecule has 0 aliphatic heterocycles. The molecule has 6 heteroatoms. The number of rotatable bonds is 5. The third-order valence-corrected chi connectivity index (χ3v) is 3.55. The molecule has 2 rings (SSSR count). The number of amides is 1. The number of carbonyl (C=O) groups is 1. The molecule has 21 heavy (non-hydrogen) atoms. The van der Waals surface area contributed by atoms with Gasteiger partial charge < -0.3 is 20.5 Å². The number of nitrogen functional groups attached to an aromatic ring is 1. The minimum Gasteiger partial charge on any atom is -0.497 e. The molecule has 3 N–H and O–H groups in total. The maximum Gasteiger partial charge on any atom is 0.262 e. The Morgan fingerprint density at radius 2 is 2.05 bits per heavy atom. The standard InChI is InChI=1S/C15H15BrN2O3/c1-20-11-5-2-4-10(8-11)18-14(19)9-21-13-7-3-6-12(17)15(13)16/h2-8H,9,17H2,1H3,(H,18,19). The van der Waals surface area contributed by atoms with Crippen molar-refractivity contribution in [1.29, 1.82) is 0 Å². The molecule has 0 heterocycles. The van der Waals surface area contributed by atoms with Gasteiger partial charge in [-0.25, -0.2) is 0 Å². The highest BCUT2D eigenvalue weighted by molar-refractivity contribution is 9.10. The molecule has 0 saturated carbocycles. The smallest absolute Gasteiger partial charge is 0.262 e. The van der Waals surface area contributed by atoms with Crippen LogP contribution in [-0.2, 0) is 4.79 Å². The maximum atomic E-state index is 11.9. The quantitative estimate of drug-likeness (QED) is 0.812. The van der Waals surface area contributed by atoms with E-state index >= 15 is 0 Å². The molecular formula is C15H15BrN2O3. The van der Waals surface area contributed by atoms with E-state index in [0.717, 1.165) is 0 Å². The molecule has 0 fully saturated rings. The summed E-state index contributed by atoms with van der Waals surface area (Å²) in [6.07, 6.45) is 0. The van der Waals surface area contributed by atoms with E-state index in [1.807, 2.05) is 0 Å². The molecule has 0 aliphatic carbocycles. The lowest BCUT2D eigenvalue weighted by molar-refractivity contribution is -0.118. The molecular weight excluding hydrogens is 336 g/mol. The van der Waals surface area contributed by atoms with Crippen molar-refractivity contribution in [3.05, 3.63) is 46.9 Å². The zero-order valence-corrected chi connectivity index (χ0v) is 13.0. The Bertz CT molecular complexity index is 647. The summed E-state index contributed by atoms with van der Waals surface area (Å²) < 4.78 is 11.2. The average molecular weight is 351 g/mol. The zero-order valence-electron chi connectivity index (χ0n) is 11.4. The van der Waals surface area contributed by atoms with Gasteiger partial charge in [0, 0.05) is 17.4 Å². The molecule has 0 unspecified atom stereocenters. The van der Waals surface area contributed by atoms with Crippen LogP contribution in [-0.4, -0.2) is 19.6 Å². The first-order valence-corrected chi connectivity index (χ1v) is 7.00. The topological polar surface area (TPSA) is 73.6 Å². The lowest BCUT2D eigenvalue weighted by Crippen LogP contribution is -2.20. The molecule has 0 radical (unpaired) electrons. The van der Waals surface area contributed by atoms with E-state index in [1.54, 1.807) is 49.6 Å². The Kier molecular flexibility index (Phi) is 5.05.